The van der Waals surface area contributed by atoms with E-state index in [2.05, 4.69) is 4.98 Å². The molecule has 6 nitrogen and oxygen atoms in total. The monoisotopic (exact) mass is 409 g/mol. The van der Waals surface area contributed by atoms with Gasteiger partial charge < -0.3 is 20.4 Å². The van der Waals surface area contributed by atoms with Gasteiger partial charge >= 0.3 is 5.97 Å². The minimum absolute atomic E-state index is 0.0762. The number of nitrogens with one attached hydrogen (secondary N) is 1. The van der Waals surface area contributed by atoms with Gasteiger partial charge in [0, 0.05) is 48.4 Å². The third-order valence-corrected chi connectivity index (χ3v) is 6.23. The molecule has 0 aliphatic carbocycles. The van der Waals surface area contributed by atoms with Crippen LogP contribution in [0.2, 0.25) is 5.02 Å². The van der Waals surface area contributed by atoms with Gasteiger partial charge in [-0.05, 0) is 29.8 Å². The van der Waals surface area contributed by atoms with E-state index in [1.54, 1.807) is 11.0 Å². The lowest BCUT2D eigenvalue weighted by Crippen LogP contribution is -2.45. The molecule has 3 aromatic rings. The number of carbonyl (C=O) groups excluding carboxylic acids is 2. The van der Waals surface area contributed by atoms with Crippen LogP contribution in [-0.2, 0) is 16.9 Å². The number of hydrogen-bond donors (Lipinski definition) is 2. The van der Waals surface area contributed by atoms with Gasteiger partial charge in [0.15, 0.2) is 0 Å². The SMILES string of the molecule is NCc1cc(Cl)cc2cc(C(=O)N3CCC4(CC3)OC(=O)c3ccccc34)[nH]c12. The molecule has 0 unspecified atom stereocenters. The maximum absolute atomic E-state index is 13.1. The molecule has 1 amide bonds. The van der Waals surface area contributed by atoms with Gasteiger partial charge in [0.2, 0.25) is 0 Å². The van der Waals surface area contributed by atoms with E-state index in [1.165, 1.54) is 0 Å². The van der Waals surface area contributed by atoms with E-state index >= 15 is 0 Å². The first-order valence-electron chi connectivity index (χ1n) is 9.64. The second kappa shape index (κ2) is 6.61. The Kier molecular flexibility index (Phi) is 4.15. The summed E-state index contributed by atoms with van der Waals surface area (Å²) in [4.78, 5) is 30.3. The number of H-pyrrole nitrogens is 1. The number of rotatable bonds is 2. The molecule has 1 saturated heterocycles. The standard InChI is InChI=1S/C22H20ClN3O3/c23-15-9-13-11-18(25-19(13)14(10-15)12-24)20(27)26-7-5-22(6-8-26)17-4-2-1-3-16(17)21(28)29-22/h1-4,9-11,25H,5-8,12,24H2. The van der Waals surface area contributed by atoms with Crippen molar-refractivity contribution in [3.05, 3.63) is 69.9 Å². The number of fused-ring (bicyclic) bond motifs is 3. The Balaban J connectivity index is 1.39. The number of amides is 1. The number of aromatic amines is 1. The summed E-state index contributed by atoms with van der Waals surface area (Å²) in [5, 5.41) is 1.46. The summed E-state index contributed by atoms with van der Waals surface area (Å²) in [5.41, 5.74) is 8.99. The minimum atomic E-state index is -0.620. The molecule has 2 aliphatic heterocycles. The topological polar surface area (TPSA) is 88.4 Å². The summed E-state index contributed by atoms with van der Waals surface area (Å²) in [6, 6.07) is 13.0. The van der Waals surface area contributed by atoms with Crippen LogP contribution in [0.15, 0.2) is 42.5 Å². The van der Waals surface area contributed by atoms with E-state index in [9.17, 15) is 9.59 Å². The van der Waals surface area contributed by atoms with Gasteiger partial charge in [0.1, 0.15) is 11.3 Å². The Morgan fingerprint density at radius 2 is 1.97 bits per heavy atom. The maximum Gasteiger partial charge on any atom is 0.339 e. The molecular formula is C22H20ClN3O3. The Morgan fingerprint density at radius 1 is 1.21 bits per heavy atom. The highest BCUT2D eigenvalue weighted by Crippen LogP contribution is 2.44. The number of benzene rings is 2. The number of aromatic nitrogens is 1. The molecule has 5 rings (SSSR count). The average Bonchev–Trinajstić information content (AvgIpc) is 3.27. The molecule has 2 aliphatic rings. The van der Waals surface area contributed by atoms with Crippen LogP contribution in [0.3, 0.4) is 0 Å². The van der Waals surface area contributed by atoms with Crippen LogP contribution in [0.5, 0.6) is 0 Å². The Labute approximate surface area is 172 Å². The summed E-state index contributed by atoms with van der Waals surface area (Å²) in [5.74, 6) is -0.352. The van der Waals surface area contributed by atoms with Crippen LogP contribution in [0, 0.1) is 0 Å². The fourth-order valence-electron chi connectivity index (χ4n) is 4.51. The molecule has 29 heavy (non-hydrogen) atoms. The maximum atomic E-state index is 13.1. The quantitative estimate of drug-likeness (QED) is 0.633. The van der Waals surface area contributed by atoms with E-state index in [4.69, 9.17) is 22.1 Å². The van der Waals surface area contributed by atoms with E-state index < -0.39 is 5.60 Å². The van der Waals surface area contributed by atoms with Crippen LogP contribution in [0.1, 0.15) is 44.8 Å². The molecule has 3 N–H and O–H groups in total. The molecule has 3 heterocycles. The molecular weight excluding hydrogens is 390 g/mol. The first-order valence-corrected chi connectivity index (χ1v) is 10.0. The van der Waals surface area contributed by atoms with Crippen molar-refractivity contribution in [3.8, 4) is 0 Å². The number of nitrogens with zero attached hydrogens (tertiary/aromatic N) is 1. The lowest BCUT2D eigenvalue weighted by molar-refractivity contribution is -0.0390. The first-order chi connectivity index (χ1) is 14.0. The van der Waals surface area contributed by atoms with E-state index in [1.807, 2.05) is 36.4 Å². The minimum Gasteiger partial charge on any atom is -0.450 e. The van der Waals surface area contributed by atoms with Gasteiger partial charge in [0.25, 0.3) is 5.91 Å². The van der Waals surface area contributed by atoms with Crippen molar-refractivity contribution >= 4 is 34.4 Å². The third kappa shape index (κ3) is 2.82. The lowest BCUT2D eigenvalue weighted by Gasteiger charge is -2.38. The second-order valence-electron chi connectivity index (χ2n) is 7.64. The van der Waals surface area contributed by atoms with Crippen molar-refractivity contribution in [1.29, 1.82) is 0 Å². The number of piperidine rings is 1. The van der Waals surface area contributed by atoms with Crippen LogP contribution in [-0.4, -0.2) is 34.8 Å². The van der Waals surface area contributed by atoms with Crippen molar-refractivity contribution in [3.63, 3.8) is 0 Å². The van der Waals surface area contributed by atoms with E-state index in [-0.39, 0.29) is 11.9 Å². The Morgan fingerprint density at radius 3 is 2.72 bits per heavy atom. The molecule has 2 aromatic carbocycles. The number of esters is 1. The smallest absolute Gasteiger partial charge is 0.339 e. The number of ether oxygens (including phenoxy) is 1. The highest BCUT2D eigenvalue weighted by molar-refractivity contribution is 6.31. The Hall–Kier alpha value is -2.83. The predicted molar refractivity (Wildman–Crippen MR) is 110 cm³/mol. The molecule has 1 fully saturated rings. The lowest BCUT2D eigenvalue weighted by atomic mass is 9.83. The molecule has 7 heteroatoms. The normalized spacial score (nSPS) is 17.6. The van der Waals surface area contributed by atoms with Gasteiger partial charge in [0.05, 0.1) is 11.1 Å². The highest BCUT2D eigenvalue weighted by atomic mass is 35.5. The van der Waals surface area contributed by atoms with Crippen molar-refractivity contribution in [2.75, 3.05) is 13.1 Å². The molecule has 0 saturated carbocycles. The van der Waals surface area contributed by atoms with Crippen LogP contribution < -0.4 is 5.73 Å². The number of carbonyl (C=O) groups is 2. The summed E-state index contributed by atoms with van der Waals surface area (Å²) < 4.78 is 5.77. The summed E-state index contributed by atoms with van der Waals surface area (Å²) in [6.07, 6.45) is 1.17. The number of halogens is 1. The third-order valence-electron chi connectivity index (χ3n) is 6.01. The molecule has 0 radical (unpaired) electrons. The number of hydrogen-bond acceptors (Lipinski definition) is 4. The van der Waals surface area contributed by atoms with Gasteiger partial charge in [-0.3, -0.25) is 4.79 Å². The largest absolute Gasteiger partial charge is 0.450 e. The molecule has 1 spiro atoms. The van der Waals surface area contributed by atoms with Crippen molar-refractivity contribution in [2.45, 2.75) is 25.0 Å². The summed E-state index contributed by atoms with van der Waals surface area (Å²) >= 11 is 6.16. The molecule has 0 atom stereocenters. The van der Waals surface area contributed by atoms with Crippen LogP contribution in [0.4, 0.5) is 0 Å². The number of likely N-dealkylation sites (tertiary alicyclic amines) is 1. The zero-order chi connectivity index (χ0) is 20.2. The van der Waals surface area contributed by atoms with Crippen molar-refractivity contribution in [1.82, 2.24) is 9.88 Å². The van der Waals surface area contributed by atoms with E-state index in [0.29, 0.717) is 48.8 Å². The highest BCUT2D eigenvalue weighted by Gasteiger charge is 2.47. The van der Waals surface area contributed by atoms with Crippen molar-refractivity contribution in [2.24, 2.45) is 5.73 Å². The predicted octanol–water partition coefficient (Wildman–Crippen LogP) is 3.58. The summed E-state index contributed by atoms with van der Waals surface area (Å²) in [6.45, 7) is 1.36. The van der Waals surface area contributed by atoms with Gasteiger partial charge in [-0.1, -0.05) is 29.8 Å². The zero-order valence-electron chi connectivity index (χ0n) is 15.7. The number of nitrogens with two attached hydrogens (primary N) is 1. The van der Waals surface area contributed by atoms with Crippen LogP contribution in [0.25, 0.3) is 10.9 Å². The van der Waals surface area contributed by atoms with E-state index in [0.717, 1.165) is 22.0 Å². The molecule has 148 valence electrons. The average molecular weight is 410 g/mol. The fraction of sp³-hybridized carbons (Fsp3) is 0.273. The fourth-order valence-corrected chi connectivity index (χ4v) is 4.76. The van der Waals surface area contributed by atoms with Gasteiger partial charge in [-0.25, -0.2) is 4.79 Å². The van der Waals surface area contributed by atoms with Gasteiger partial charge in [-0.15, -0.1) is 0 Å². The molecule has 0 bridgehead atoms. The van der Waals surface area contributed by atoms with Crippen LogP contribution >= 0.6 is 11.6 Å². The Bertz CT molecular complexity index is 1150. The summed E-state index contributed by atoms with van der Waals surface area (Å²) in [7, 11) is 0. The first kappa shape index (κ1) is 18.2. The zero-order valence-corrected chi connectivity index (χ0v) is 16.5. The molecule has 1 aromatic heterocycles. The van der Waals surface area contributed by atoms with Gasteiger partial charge in [-0.2, -0.15) is 0 Å². The van der Waals surface area contributed by atoms with Crippen molar-refractivity contribution < 1.29 is 14.3 Å². The second-order valence-corrected chi connectivity index (χ2v) is 8.07.